The Hall–Kier alpha value is -2.33. The second-order valence-electron chi connectivity index (χ2n) is 5.01. The third-order valence-corrected chi connectivity index (χ3v) is 3.62. The topological polar surface area (TPSA) is 66.6 Å². The Morgan fingerprint density at radius 3 is 1.86 bits per heavy atom. The Bertz CT molecular complexity index is 564. The zero-order chi connectivity index (χ0) is 15.2. The van der Waals surface area contributed by atoms with Crippen molar-refractivity contribution in [2.75, 3.05) is 11.9 Å². The molecular weight excluding hydrogens is 264 g/mol. The number of carbonyl (C=O) groups excluding carboxylic acids is 1. The van der Waals surface area contributed by atoms with Crippen LogP contribution in [0.4, 0.5) is 11.4 Å². The first-order valence-electron chi connectivity index (χ1n) is 6.90. The highest BCUT2D eigenvalue weighted by molar-refractivity contribution is 5.69. The molecule has 4 nitrogen and oxygen atoms in total. The molecule has 0 fully saturated rings. The molecule has 2 aromatic rings. The summed E-state index contributed by atoms with van der Waals surface area (Å²) in [6, 6.07) is 16.6. The molecule has 0 saturated carbocycles. The minimum Gasteiger partial charge on any atom is -0.392 e. The molecule has 110 valence electrons. The van der Waals surface area contributed by atoms with E-state index in [9.17, 15) is 5.11 Å². The number of benzene rings is 2. The van der Waals surface area contributed by atoms with Crippen LogP contribution in [0.2, 0.25) is 0 Å². The van der Waals surface area contributed by atoms with E-state index < -0.39 is 0 Å². The minimum atomic E-state index is -0.305. The van der Waals surface area contributed by atoms with Crippen molar-refractivity contribution < 1.29 is 9.90 Å². The van der Waals surface area contributed by atoms with E-state index in [4.69, 9.17) is 4.79 Å². The van der Waals surface area contributed by atoms with E-state index in [-0.39, 0.29) is 12.5 Å². The van der Waals surface area contributed by atoms with Crippen molar-refractivity contribution in [3.63, 3.8) is 0 Å². The summed E-state index contributed by atoms with van der Waals surface area (Å²) < 4.78 is 0. The van der Waals surface area contributed by atoms with Crippen molar-refractivity contribution in [2.24, 2.45) is 5.73 Å². The average Bonchev–Trinajstić information content (AvgIpc) is 2.47. The van der Waals surface area contributed by atoms with Gasteiger partial charge in [0.2, 0.25) is 6.41 Å². The van der Waals surface area contributed by atoms with Gasteiger partial charge in [0, 0.05) is 31.3 Å². The molecule has 1 aliphatic heterocycles. The van der Waals surface area contributed by atoms with Crippen LogP contribution in [0, 0.1) is 0 Å². The molecule has 1 amide bonds. The van der Waals surface area contributed by atoms with Crippen LogP contribution in [0.3, 0.4) is 0 Å². The summed E-state index contributed by atoms with van der Waals surface area (Å²) in [6.07, 6.45) is 1.38. The van der Waals surface area contributed by atoms with Crippen molar-refractivity contribution in [1.29, 1.82) is 0 Å². The normalized spacial score (nSPS) is 13.9. The number of nitrogens with two attached hydrogens (primary N) is 1. The Morgan fingerprint density at radius 2 is 1.43 bits per heavy atom. The molecule has 0 aromatic heterocycles. The van der Waals surface area contributed by atoms with Crippen LogP contribution in [0.25, 0.3) is 0 Å². The predicted molar refractivity (Wildman–Crippen MR) is 84.6 cm³/mol. The van der Waals surface area contributed by atoms with Gasteiger partial charge in [0.15, 0.2) is 0 Å². The van der Waals surface area contributed by atoms with Gasteiger partial charge in [-0.1, -0.05) is 36.4 Å². The largest absolute Gasteiger partial charge is 0.392 e. The molecule has 0 radical (unpaired) electrons. The summed E-state index contributed by atoms with van der Waals surface area (Å²) in [6.45, 7) is 0. The highest BCUT2D eigenvalue weighted by Crippen LogP contribution is 2.33. The van der Waals surface area contributed by atoms with E-state index in [1.165, 1.54) is 22.5 Å². The molecule has 3 rings (SSSR count). The van der Waals surface area contributed by atoms with Crippen LogP contribution in [0.5, 0.6) is 0 Å². The van der Waals surface area contributed by atoms with Crippen molar-refractivity contribution >= 4 is 17.8 Å². The SMILES string of the molecule is CN1c2ccccc2CC(O)Cc2ccccc21.NC=O. The second-order valence-corrected chi connectivity index (χ2v) is 5.01. The molecule has 2 aromatic carbocycles. The minimum absolute atomic E-state index is 0.250. The molecule has 4 heteroatoms. The average molecular weight is 284 g/mol. The highest BCUT2D eigenvalue weighted by atomic mass is 16.3. The van der Waals surface area contributed by atoms with E-state index in [1.807, 2.05) is 24.3 Å². The molecule has 0 aliphatic carbocycles. The highest BCUT2D eigenvalue weighted by Gasteiger charge is 2.19. The monoisotopic (exact) mass is 284 g/mol. The number of amides is 1. The Morgan fingerprint density at radius 1 is 1.05 bits per heavy atom. The summed E-state index contributed by atoms with van der Waals surface area (Å²) in [5.74, 6) is 0. The number of aliphatic hydroxyl groups excluding tert-OH is 1. The molecule has 1 aliphatic rings. The maximum Gasteiger partial charge on any atom is 0.204 e. The third-order valence-electron chi connectivity index (χ3n) is 3.62. The summed E-state index contributed by atoms with van der Waals surface area (Å²) >= 11 is 0. The number of hydrogen-bond donors (Lipinski definition) is 2. The molecule has 0 unspecified atom stereocenters. The maximum absolute atomic E-state index is 10.2. The van der Waals surface area contributed by atoms with Crippen molar-refractivity contribution in [2.45, 2.75) is 18.9 Å². The van der Waals surface area contributed by atoms with Crippen LogP contribution >= 0.6 is 0 Å². The van der Waals surface area contributed by atoms with Gasteiger partial charge in [-0.3, -0.25) is 4.79 Å². The molecule has 21 heavy (non-hydrogen) atoms. The number of fused-ring (bicyclic) bond motifs is 2. The lowest BCUT2D eigenvalue weighted by molar-refractivity contribution is -0.106. The van der Waals surface area contributed by atoms with E-state index in [2.05, 4.69) is 41.9 Å². The zero-order valence-electron chi connectivity index (χ0n) is 12.1. The summed E-state index contributed by atoms with van der Waals surface area (Å²) in [4.78, 5) is 10.8. The van der Waals surface area contributed by atoms with Gasteiger partial charge in [-0.25, -0.2) is 0 Å². The fourth-order valence-corrected chi connectivity index (χ4v) is 2.73. The molecule has 0 spiro atoms. The van der Waals surface area contributed by atoms with E-state index in [0.717, 1.165) is 12.8 Å². The van der Waals surface area contributed by atoms with Crippen LogP contribution < -0.4 is 10.6 Å². The lowest BCUT2D eigenvalue weighted by Crippen LogP contribution is -2.23. The first-order chi connectivity index (χ1) is 10.2. The van der Waals surface area contributed by atoms with E-state index in [0.29, 0.717) is 0 Å². The predicted octanol–water partition coefficient (Wildman–Crippen LogP) is 2.02. The van der Waals surface area contributed by atoms with Crippen LogP contribution in [-0.4, -0.2) is 24.7 Å². The Balaban J connectivity index is 0.000000497. The quantitative estimate of drug-likeness (QED) is 0.727. The van der Waals surface area contributed by atoms with Crippen LogP contribution in [0.1, 0.15) is 11.1 Å². The van der Waals surface area contributed by atoms with Crippen molar-refractivity contribution in [3.05, 3.63) is 59.7 Å². The molecule has 0 atom stereocenters. The van der Waals surface area contributed by atoms with Gasteiger partial charge in [0.25, 0.3) is 0 Å². The maximum atomic E-state index is 10.2. The zero-order valence-corrected chi connectivity index (χ0v) is 12.1. The number of hydrogen-bond acceptors (Lipinski definition) is 3. The van der Waals surface area contributed by atoms with Gasteiger partial charge in [-0.15, -0.1) is 0 Å². The molecule has 0 saturated heterocycles. The lowest BCUT2D eigenvalue weighted by atomic mass is 9.95. The smallest absolute Gasteiger partial charge is 0.204 e. The Kier molecular flexibility index (Phi) is 4.95. The molecule has 1 heterocycles. The number of aliphatic hydroxyl groups is 1. The number of carbonyl (C=O) groups is 1. The standard InChI is InChI=1S/C16H17NO.CH3NO/c1-17-15-8-4-2-6-12(15)10-14(18)11-13-7-3-5-9-16(13)17;2-1-3/h2-9,14,18H,10-11H2,1H3;1H,(H2,2,3). The van der Waals surface area contributed by atoms with Crippen LogP contribution in [-0.2, 0) is 17.6 Å². The molecule has 0 bridgehead atoms. The Labute approximate surface area is 124 Å². The van der Waals surface area contributed by atoms with Crippen molar-refractivity contribution in [3.8, 4) is 0 Å². The number of primary amides is 1. The van der Waals surface area contributed by atoms with Gasteiger partial charge < -0.3 is 15.7 Å². The van der Waals surface area contributed by atoms with Gasteiger partial charge in [-0.2, -0.15) is 0 Å². The molecular formula is C17H20N2O2. The van der Waals surface area contributed by atoms with Gasteiger partial charge in [0.1, 0.15) is 0 Å². The number of para-hydroxylation sites is 2. The van der Waals surface area contributed by atoms with Gasteiger partial charge in [0.05, 0.1) is 6.10 Å². The molecule has 3 N–H and O–H groups in total. The number of anilines is 2. The van der Waals surface area contributed by atoms with Gasteiger partial charge >= 0.3 is 0 Å². The summed E-state index contributed by atoms with van der Waals surface area (Å²) in [5, 5.41) is 10.2. The first kappa shape index (κ1) is 15.1. The fraction of sp³-hybridized carbons (Fsp3) is 0.235. The van der Waals surface area contributed by atoms with E-state index >= 15 is 0 Å². The lowest BCUT2D eigenvalue weighted by Gasteiger charge is -2.29. The second kappa shape index (κ2) is 6.90. The van der Waals surface area contributed by atoms with Gasteiger partial charge in [-0.05, 0) is 23.3 Å². The van der Waals surface area contributed by atoms with Crippen LogP contribution in [0.15, 0.2) is 48.5 Å². The number of rotatable bonds is 0. The van der Waals surface area contributed by atoms with E-state index in [1.54, 1.807) is 0 Å². The number of nitrogens with zero attached hydrogens (tertiary/aromatic N) is 1. The van der Waals surface area contributed by atoms with Crippen molar-refractivity contribution in [1.82, 2.24) is 0 Å². The summed E-state index contributed by atoms with van der Waals surface area (Å²) in [7, 11) is 2.09. The fourth-order valence-electron chi connectivity index (χ4n) is 2.73. The first-order valence-corrected chi connectivity index (χ1v) is 6.90. The third kappa shape index (κ3) is 3.41. The summed E-state index contributed by atoms with van der Waals surface area (Å²) in [5.41, 5.74) is 8.96.